The molecule has 0 fully saturated rings. The zero-order valence-electron chi connectivity index (χ0n) is 20.1. The molecular weight excluding hydrogens is 586 g/mol. The number of methoxy groups -OCH3 is 2. The smallest absolute Gasteiger partial charge is 0.321 e. The standard InChI is InChI=1S/C23H24BrN5O6S2/c1-4-14-5-10-18(17(24)11-14)35-13-20(30)27-23(36)25-15-6-8-16(9-7-15)37(31,32)29-19-12-21(33-2)28-22(26-19)34-3/h5-12H,4,13H2,1-3H3,(H,26,28,29)(H2,25,27,30,36). The number of aromatic nitrogens is 2. The fraction of sp³-hybridized carbons (Fsp3) is 0.217. The average molecular weight is 611 g/mol. The van der Waals surface area contributed by atoms with E-state index < -0.39 is 15.9 Å². The van der Waals surface area contributed by atoms with Gasteiger partial charge in [-0.2, -0.15) is 9.97 Å². The molecule has 0 aliphatic rings. The Hall–Kier alpha value is -3.49. The maximum Gasteiger partial charge on any atom is 0.321 e. The first-order chi connectivity index (χ1) is 17.6. The Labute approximate surface area is 228 Å². The highest BCUT2D eigenvalue weighted by atomic mass is 79.9. The predicted molar refractivity (Wildman–Crippen MR) is 146 cm³/mol. The zero-order chi connectivity index (χ0) is 27.0. The molecule has 3 aromatic rings. The highest BCUT2D eigenvalue weighted by molar-refractivity contribution is 9.10. The van der Waals surface area contributed by atoms with Gasteiger partial charge in [-0.15, -0.1) is 0 Å². The molecule has 3 N–H and O–H groups in total. The second-order valence-corrected chi connectivity index (χ2v) is 10.3. The Morgan fingerprint density at radius 1 is 1.05 bits per heavy atom. The maximum absolute atomic E-state index is 12.8. The monoisotopic (exact) mass is 609 g/mol. The predicted octanol–water partition coefficient (Wildman–Crippen LogP) is 3.51. The van der Waals surface area contributed by atoms with Crippen LogP contribution in [0.15, 0.2) is 57.9 Å². The van der Waals surface area contributed by atoms with Crippen molar-refractivity contribution in [2.24, 2.45) is 0 Å². The molecular formula is C23H24BrN5O6S2. The molecule has 2 aromatic carbocycles. The highest BCUT2D eigenvalue weighted by Crippen LogP contribution is 2.26. The molecule has 37 heavy (non-hydrogen) atoms. The lowest BCUT2D eigenvalue weighted by Gasteiger charge is -2.12. The third-order valence-corrected chi connectivity index (χ3v) is 6.95. The van der Waals surface area contributed by atoms with Gasteiger partial charge in [-0.1, -0.05) is 13.0 Å². The molecule has 1 aromatic heterocycles. The van der Waals surface area contributed by atoms with E-state index in [1.807, 2.05) is 19.1 Å². The Kier molecular flexibility index (Phi) is 9.60. The number of benzene rings is 2. The molecule has 0 saturated heterocycles. The summed E-state index contributed by atoms with van der Waals surface area (Å²) >= 11 is 8.59. The van der Waals surface area contributed by atoms with E-state index in [4.69, 9.17) is 26.4 Å². The van der Waals surface area contributed by atoms with Gasteiger partial charge in [0.25, 0.3) is 15.9 Å². The van der Waals surface area contributed by atoms with E-state index in [1.54, 1.807) is 6.07 Å². The topological polar surface area (TPSA) is 141 Å². The van der Waals surface area contributed by atoms with E-state index in [0.717, 1.165) is 16.5 Å². The Morgan fingerprint density at radius 2 is 1.78 bits per heavy atom. The summed E-state index contributed by atoms with van der Waals surface area (Å²) in [4.78, 5) is 20.1. The van der Waals surface area contributed by atoms with Gasteiger partial charge in [0.05, 0.1) is 23.6 Å². The van der Waals surface area contributed by atoms with Crippen molar-refractivity contribution in [3.05, 3.63) is 58.6 Å². The van der Waals surface area contributed by atoms with Crippen molar-refractivity contribution in [2.45, 2.75) is 18.2 Å². The molecule has 3 rings (SSSR count). The number of carbonyl (C=O) groups is 1. The summed E-state index contributed by atoms with van der Waals surface area (Å²) < 4.78 is 44.1. The van der Waals surface area contributed by atoms with E-state index in [0.29, 0.717) is 11.4 Å². The SMILES string of the molecule is CCc1ccc(OCC(=O)NC(=S)Nc2ccc(S(=O)(=O)Nc3cc(OC)nc(OC)n3)cc2)c(Br)c1. The van der Waals surface area contributed by atoms with Crippen molar-refractivity contribution in [1.82, 2.24) is 15.3 Å². The van der Waals surface area contributed by atoms with E-state index >= 15 is 0 Å². The van der Waals surface area contributed by atoms with Crippen LogP contribution in [0.25, 0.3) is 0 Å². The van der Waals surface area contributed by atoms with Crippen LogP contribution in [0, 0.1) is 0 Å². The van der Waals surface area contributed by atoms with Crippen molar-refractivity contribution >= 4 is 60.7 Å². The van der Waals surface area contributed by atoms with Gasteiger partial charge in [-0.05, 0) is 76.5 Å². The number of amides is 1. The number of sulfonamides is 1. The van der Waals surface area contributed by atoms with Gasteiger partial charge in [0.2, 0.25) is 5.88 Å². The minimum absolute atomic E-state index is 0.0228. The van der Waals surface area contributed by atoms with E-state index in [2.05, 4.69) is 41.3 Å². The highest BCUT2D eigenvalue weighted by Gasteiger charge is 2.17. The lowest BCUT2D eigenvalue weighted by Crippen LogP contribution is -2.37. The van der Waals surface area contributed by atoms with Crippen molar-refractivity contribution < 1.29 is 27.4 Å². The average Bonchev–Trinajstić information content (AvgIpc) is 2.87. The normalized spacial score (nSPS) is 10.8. The van der Waals surface area contributed by atoms with Crippen LogP contribution in [-0.2, 0) is 21.2 Å². The van der Waals surface area contributed by atoms with Crippen molar-refractivity contribution in [1.29, 1.82) is 0 Å². The lowest BCUT2D eigenvalue weighted by atomic mass is 10.2. The van der Waals surface area contributed by atoms with Crippen LogP contribution in [0.5, 0.6) is 17.6 Å². The number of anilines is 2. The fourth-order valence-corrected chi connectivity index (χ4v) is 4.68. The largest absolute Gasteiger partial charge is 0.483 e. The molecule has 0 aliphatic carbocycles. The van der Waals surface area contributed by atoms with Gasteiger partial charge in [0.15, 0.2) is 17.5 Å². The van der Waals surface area contributed by atoms with Gasteiger partial charge >= 0.3 is 6.01 Å². The van der Waals surface area contributed by atoms with E-state index in [-0.39, 0.29) is 34.3 Å². The third-order valence-electron chi connectivity index (χ3n) is 4.75. The van der Waals surface area contributed by atoms with E-state index in [9.17, 15) is 13.2 Å². The third kappa shape index (κ3) is 8.00. The first-order valence-corrected chi connectivity index (χ1v) is 13.4. The Morgan fingerprint density at radius 3 is 2.41 bits per heavy atom. The summed E-state index contributed by atoms with van der Waals surface area (Å²) in [7, 11) is -1.24. The zero-order valence-corrected chi connectivity index (χ0v) is 23.3. The minimum Gasteiger partial charge on any atom is -0.483 e. The molecule has 0 aliphatic heterocycles. The second kappa shape index (κ2) is 12.7. The number of nitrogens with one attached hydrogen (secondary N) is 3. The lowest BCUT2D eigenvalue weighted by molar-refractivity contribution is -0.121. The molecule has 196 valence electrons. The van der Waals surface area contributed by atoms with Gasteiger partial charge < -0.3 is 19.5 Å². The summed E-state index contributed by atoms with van der Waals surface area (Å²) in [6, 6.07) is 12.6. The number of thiocarbonyl (C=S) groups is 1. The molecule has 0 saturated carbocycles. The molecule has 0 spiro atoms. The summed E-state index contributed by atoms with van der Waals surface area (Å²) in [5, 5.41) is 5.36. The number of carbonyl (C=O) groups excluding carboxylic acids is 1. The minimum atomic E-state index is -3.97. The second-order valence-electron chi connectivity index (χ2n) is 7.32. The molecule has 0 radical (unpaired) electrons. The van der Waals surface area contributed by atoms with Gasteiger partial charge in [0, 0.05) is 11.8 Å². The Bertz CT molecular complexity index is 1360. The molecule has 0 bridgehead atoms. The number of aryl methyl sites for hydroxylation is 1. The Balaban J connectivity index is 1.56. The number of nitrogens with zero attached hydrogens (tertiary/aromatic N) is 2. The first kappa shape index (κ1) is 28.1. The summed E-state index contributed by atoms with van der Waals surface area (Å²) in [6.45, 7) is 1.80. The molecule has 0 unspecified atom stereocenters. The molecule has 11 nitrogen and oxygen atoms in total. The van der Waals surface area contributed by atoms with Gasteiger partial charge in [0.1, 0.15) is 5.75 Å². The van der Waals surface area contributed by atoms with E-state index in [1.165, 1.54) is 44.6 Å². The summed E-state index contributed by atoms with van der Waals surface area (Å²) in [6.07, 6.45) is 0.884. The number of rotatable bonds is 10. The van der Waals surface area contributed by atoms with Gasteiger partial charge in [-0.25, -0.2) is 8.42 Å². The number of halogens is 1. The van der Waals surface area contributed by atoms with Crippen molar-refractivity contribution in [3.63, 3.8) is 0 Å². The van der Waals surface area contributed by atoms with Crippen LogP contribution < -0.4 is 29.6 Å². The molecule has 0 atom stereocenters. The number of ether oxygens (including phenoxy) is 3. The van der Waals surface area contributed by atoms with Crippen molar-refractivity contribution in [2.75, 3.05) is 30.9 Å². The van der Waals surface area contributed by atoms with Crippen LogP contribution in [0.4, 0.5) is 11.5 Å². The summed E-state index contributed by atoms with van der Waals surface area (Å²) in [5.41, 5.74) is 1.60. The number of hydrogen-bond donors (Lipinski definition) is 3. The first-order valence-electron chi connectivity index (χ1n) is 10.8. The molecule has 14 heteroatoms. The quantitative estimate of drug-likeness (QED) is 0.292. The number of hydrogen-bond acceptors (Lipinski definition) is 9. The summed E-state index contributed by atoms with van der Waals surface area (Å²) in [5.74, 6) is 0.191. The molecule has 1 heterocycles. The molecule has 1 amide bonds. The van der Waals surface area contributed by atoms with Crippen LogP contribution in [-0.4, -0.2) is 50.2 Å². The van der Waals surface area contributed by atoms with Crippen LogP contribution >= 0.6 is 28.1 Å². The van der Waals surface area contributed by atoms with Crippen LogP contribution in [0.2, 0.25) is 0 Å². The van der Waals surface area contributed by atoms with Crippen LogP contribution in [0.1, 0.15) is 12.5 Å². The maximum atomic E-state index is 12.8. The van der Waals surface area contributed by atoms with Gasteiger partial charge in [-0.3, -0.25) is 14.8 Å². The van der Waals surface area contributed by atoms with Crippen molar-refractivity contribution in [3.8, 4) is 17.6 Å². The van der Waals surface area contributed by atoms with Crippen LogP contribution in [0.3, 0.4) is 0 Å². The fourth-order valence-electron chi connectivity index (χ4n) is 2.92.